The quantitative estimate of drug-likeness (QED) is 0.374. The molecule has 1 unspecified atom stereocenters. The number of thiophene rings is 1. The number of rotatable bonds is 7. The number of nitrogens with zero attached hydrogens (tertiary/aromatic N) is 2. The van der Waals surface area contributed by atoms with Crippen molar-refractivity contribution in [3.63, 3.8) is 0 Å². The highest BCUT2D eigenvalue weighted by molar-refractivity contribution is 7.13. The number of nitrogens with one attached hydrogen (secondary N) is 1. The van der Waals surface area contributed by atoms with Crippen LogP contribution in [0.1, 0.15) is 41.2 Å². The number of benzene rings is 1. The van der Waals surface area contributed by atoms with Gasteiger partial charge in [0.05, 0.1) is 23.5 Å². The van der Waals surface area contributed by atoms with Crippen LogP contribution >= 0.6 is 22.7 Å². The minimum Gasteiger partial charge on any atom is -0.350 e. The van der Waals surface area contributed by atoms with Gasteiger partial charge in [-0.1, -0.05) is 43.3 Å². The highest BCUT2D eigenvalue weighted by atomic mass is 32.1. The van der Waals surface area contributed by atoms with Crippen molar-refractivity contribution in [1.82, 2.24) is 14.9 Å². The van der Waals surface area contributed by atoms with Crippen molar-refractivity contribution in [2.24, 2.45) is 0 Å². The van der Waals surface area contributed by atoms with Gasteiger partial charge in [0, 0.05) is 27.6 Å². The Morgan fingerprint density at radius 3 is 2.67 bits per heavy atom. The topological polar surface area (TPSA) is 46.9 Å². The molecule has 1 atom stereocenters. The summed E-state index contributed by atoms with van der Waals surface area (Å²) in [6.07, 6.45) is 0.903. The number of aromatic nitrogens is 2. The van der Waals surface area contributed by atoms with E-state index in [0.717, 1.165) is 46.2 Å². The summed E-state index contributed by atoms with van der Waals surface area (Å²) in [7, 11) is 0. The maximum atomic E-state index is 12.9. The fraction of sp³-hybridized carbons (Fsp3) is 0.250. The van der Waals surface area contributed by atoms with Crippen molar-refractivity contribution in [2.45, 2.75) is 39.8 Å². The Morgan fingerprint density at radius 1 is 1.17 bits per heavy atom. The monoisotopic (exact) mass is 435 g/mol. The molecule has 0 radical (unpaired) electrons. The van der Waals surface area contributed by atoms with Gasteiger partial charge in [-0.15, -0.1) is 22.7 Å². The third kappa shape index (κ3) is 4.25. The second-order valence-corrected chi connectivity index (χ2v) is 9.27. The molecule has 3 heterocycles. The zero-order chi connectivity index (χ0) is 21.1. The van der Waals surface area contributed by atoms with Crippen LogP contribution in [0.25, 0.3) is 22.0 Å². The van der Waals surface area contributed by atoms with E-state index >= 15 is 0 Å². The van der Waals surface area contributed by atoms with E-state index in [0.29, 0.717) is 0 Å². The van der Waals surface area contributed by atoms with E-state index in [9.17, 15) is 4.79 Å². The lowest BCUT2D eigenvalue weighted by Gasteiger charge is -2.12. The molecule has 0 saturated heterocycles. The van der Waals surface area contributed by atoms with Gasteiger partial charge in [0.15, 0.2) is 0 Å². The molecule has 6 heteroatoms. The molecule has 3 aromatic heterocycles. The van der Waals surface area contributed by atoms with Crippen molar-refractivity contribution in [1.29, 1.82) is 0 Å². The fourth-order valence-electron chi connectivity index (χ4n) is 3.36. The molecule has 30 heavy (non-hydrogen) atoms. The molecule has 0 spiro atoms. The Kier molecular flexibility index (Phi) is 6.16. The van der Waals surface area contributed by atoms with Crippen molar-refractivity contribution in [3.05, 3.63) is 75.4 Å². The van der Waals surface area contributed by atoms with Crippen LogP contribution in [-0.2, 0) is 6.54 Å². The lowest BCUT2D eigenvalue weighted by Crippen LogP contribution is -2.32. The van der Waals surface area contributed by atoms with E-state index in [1.807, 2.05) is 38.1 Å². The minimum absolute atomic E-state index is 0.0217. The van der Waals surface area contributed by atoms with Crippen LogP contribution in [0, 0.1) is 6.92 Å². The molecule has 154 valence electrons. The second-order valence-electron chi connectivity index (χ2n) is 7.38. The van der Waals surface area contributed by atoms with E-state index < -0.39 is 0 Å². The molecular formula is C24H25N3OS2. The van der Waals surface area contributed by atoms with Gasteiger partial charge in [0.1, 0.15) is 5.01 Å². The molecule has 0 saturated carbocycles. The molecule has 1 N–H and O–H groups in total. The summed E-state index contributed by atoms with van der Waals surface area (Å²) in [5.41, 5.74) is 4.68. The summed E-state index contributed by atoms with van der Waals surface area (Å²) in [6, 6.07) is 16.5. The van der Waals surface area contributed by atoms with Gasteiger partial charge < -0.3 is 9.88 Å². The molecule has 0 aliphatic rings. The van der Waals surface area contributed by atoms with Gasteiger partial charge in [-0.05, 0) is 37.8 Å². The Bertz CT molecular complexity index is 1130. The lowest BCUT2D eigenvalue weighted by atomic mass is 10.2. The van der Waals surface area contributed by atoms with E-state index in [1.54, 1.807) is 22.7 Å². The Morgan fingerprint density at radius 2 is 1.97 bits per heavy atom. The van der Waals surface area contributed by atoms with Crippen molar-refractivity contribution in [2.75, 3.05) is 0 Å². The largest absolute Gasteiger partial charge is 0.350 e. The van der Waals surface area contributed by atoms with Gasteiger partial charge in [0.2, 0.25) is 0 Å². The van der Waals surface area contributed by atoms with Gasteiger partial charge in [-0.2, -0.15) is 0 Å². The normalized spacial score (nSPS) is 12.1. The van der Waals surface area contributed by atoms with Gasteiger partial charge in [-0.25, -0.2) is 4.98 Å². The molecule has 4 aromatic rings. The number of amides is 1. The average Bonchev–Trinajstić information content (AvgIpc) is 3.50. The summed E-state index contributed by atoms with van der Waals surface area (Å²) in [4.78, 5) is 19.1. The third-order valence-electron chi connectivity index (χ3n) is 5.28. The van der Waals surface area contributed by atoms with Crippen LogP contribution in [0.4, 0.5) is 0 Å². The van der Waals surface area contributed by atoms with E-state index in [-0.39, 0.29) is 11.9 Å². The Hall–Kier alpha value is -2.70. The lowest BCUT2D eigenvalue weighted by molar-refractivity contribution is 0.0938. The van der Waals surface area contributed by atoms with Crippen LogP contribution in [0.5, 0.6) is 0 Å². The maximum absolute atomic E-state index is 12.9. The molecular weight excluding hydrogens is 410 g/mol. The molecule has 1 amide bonds. The van der Waals surface area contributed by atoms with E-state index in [1.165, 1.54) is 4.88 Å². The predicted octanol–water partition coefficient (Wildman–Crippen LogP) is 6.23. The van der Waals surface area contributed by atoms with Crippen LogP contribution in [0.15, 0.2) is 59.3 Å². The van der Waals surface area contributed by atoms with Gasteiger partial charge in [-0.3, -0.25) is 4.79 Å². The van der Waals surface area contributed by atoms with Gasteiger partial charge in [0.25, 0.3) is 5.91 Å². The van der Waals surface area contributed by atoms with Gasteiger partial charge >= 0.3 is 0 Å². The van der Waals surface area contributed by atoms with Crippen LogP contribution in [-0.4, -0.2) is 21.5 Å². The number of thiazole rings is 1. The van der Waals surface area contributed by atoms with Crippen molar-refractivity contribution >= 4 is 28.6 Å². The second kappa shape index (κ2) is 8.98. The summed E-state index contributed by atoms with van der Waals surface area (Å²) in [6.45, 7) is 6.86. The first-order valence-electron chi connectivity index (χ1n) is 10.1. The van der Waals surface area contributed by atoms with E-state index in [2.05, 4.69) is 51.8 Å². The maximum Gasteiger partial charge on any atom is 0.253 e. The molecule has 4 nitrogen and oxygen atoms in total. The third-order valence-corrected chi connectivity index (χ3v) is 7.03. The molecule has 0 fully saturated rings. The van der Waals surface area contributed by atoms with Crippen molar-refractivity contribution < 1.29 is 4.79 Å². The number of carbonyl (C=O) groups excluding carboxylic acids is 1. The van der Waals surface area contributed by atoms with Crippen molar-refractivity contribution in [3.8, 4) is 22.0 Å². The minimum atomic E-state index is -0.0217. The molecule has 1 aromatic carbocycles. The predicted molar refractivity (Wildman–Crippen MR) is 126 cm³/mol. The summed E-state index contributed by atoms with van der Waals surface area (Å²) < 4.78 is 2.21. The summed E-state index contributed by atoms with van der Waals surface area (Å²) in [5, 5.41) is 8.25. The zero-order valence-electron chi connectivity index (χ0n) is 17.4. The smallest absolute Gasteiger partial charge is 0.253 e. The number of carbonyl (C=O) groups is 1. The highest BCUT2D eigenvalue weighted by Gasteiger charge is 2.21. The zero-order valence-corrected chi connectivity index (χ0v) is 19.0. The standard InChI is InChI=1S/C24H25N3OS2/c1-4-16(2)25-23(28)20-13-22(27(17(20)3)14-19-11-8-12-29-19)21-15-30-24(26-21)18-9-6-5-7-10-18/h5-13,15-16H,4,14H2,1-3H3,(H,25,28). The number of hydrogen-bond acceptors (Lipinski definition) is 4. The number of hydrogen-bond donors (Lipinski definition) is 1. The van der Waals surface area contributed by atoms with Crippen LogP contribution in [0.2, 0.25) is 0 Å². The van der Waals surface area contributed by atoms with Crippen LogP contribution in [0.3, 0.4) is 0 Å². The molecule has 0 aliphatic heterocycles. The SMILES string of the molecule is CCC(C)NC(=O)c1cc(-c2csc(-c3ccccc3)n2)n(Cc2cccs2)c1C. The highest BCUT2D eigenvalue weighted by Crippen LogP contribution is 2.32. The Labute approximate surface area is 185 Å². The molecule has 0 aliphatic carbocycles. The average molecular weight is 436 g/mol. The molecule has 4 rings (SSSR count). The fourth-order valence-corrected chi connectivity index (χ4v) is 4.87. The Balaban J connectivity index is 1.75. The first-order chi connectivity index (χ1) is 14.6. The first kappa shape index (κ1) is 20.6. The first-order valence-corrected chi connectivity index (χ1v) is 11.9. The molecule has 0 bridgehead atoms. The van der Waals surface area contributed by atoms with E-state index in [4.69, 9.17) is 4.98 Å². The van der Waals surface area contributed by atoms with Crippen LogP contribution < -0.4 is 5.32 Å². The summed E-state index contributed by atoms with van der Waals surface area (Å²) >= 11 is 3.35. The summed E-state index contributed by atoms with van der Waals surface area (Å²) in [5.74, 6) is -0.0217.